The number of rotatable bonds is 4. The van der Waals surface area contributed by atoms with Crippen LogP contribution in [0.2, 0.25) is 0 Å². The summed E-state index contributed by atoms with van der Waals surface area (Å²) in [7, 11) is 0. The SMILES string of the molecule is CCC1CC(CC)C(CC)(OC(C)=O)C1. The van der Waals surface area contributed by atoms with Gasteiger partial charge in [-0.2, -0.15) is 0 Å². The van der Waals surface area contributed by atoms with E-state index >= 15 is 0 Å². The number of esters is 1. The van der Waals surface area contributed by atoms with E-state index in [9.17, 15) is 4.79 Å². The predicted octanol–water partition coefficient (Wildman–Crippen LogP) is 3.54. The minimum atomic E-state index is -0.152. The first-order valence-corrected chi connectivity index (χ1v) is 6.27. The molecule has 0 radical (unpaired) electrons. The molecular formula is C13H24O2. The van der Waals surface area contributed by atoms with Crippen molar-refractivity contribution in [1.29, 1.82) is 0 Å². The van der Waals surface area contributed by atoms with Crippen molar-refractivity contribution in [1.82, 2.24) is 0 Å². The molecular weight excluding hydrogens is 188 g/mol. The molecule has 2 nitrogen and oxygen atoms in total. The van der Waals surface area contributed by atoms with Crippen LogP contribution < -0.4 is 0 Å². The van der Waals surface area contributed by atoms with E-state index in [-0.39, 0.29) is 11.6 Å². The molecule has 1 fully saturated rings. The Hall–Kier alpha value is -0.530. The van der Waals surface area contributed by atoms with Gasteiger partial charge in [-0.05, 0) is 37.5 Å². The van der Waals surface area contributed by atoms with Gasteiger partial charge in [0.1, 0.15) is 5.60 Å². The Bertz CT molecular complexity index is 225. The molecule has 88 valence electrons. The molecule has 0 bridgehead atoms. The Morgan fingerprint density at radius 2 is 2.00 bits per heavy atom. The van der Waals surface area contributed by atoms with Gasteiger partial charge in [0.2, 0.25) is 0 Å². The molecule has 0 aromatic carbocycles. The summed E-state index contributed by atoms with van der Waals surface area (Å²) in [6.07, 6.45) is 5.59. The quantitative estimate of drug-likeness (QED) is 0.666. The number of hydrogen-bond acceptors (Lipinski definition) is 2. The van der Waals surface area contributed by atoms with E-state index in [1.54, 1.807) is 0 Å². The van der Waals surface area contributed by atoms with Gasteiger partial charge in [0.05, 0.1) is 0 Å². The fourth-order valence-electron chi connectivity index (χ4n) is 3.12. The van der Waals surface area contributed by atoms with Crippen molar-refractivity contribution in [2.45, 2.75) is 65.4 Å². The molecule has 0 heterocycles. The zero-order valence-corrected chi connectivity index (χ0v) is 10.5. The second kappa shape index (κ2) is 5.00. The lowest BCUT2D eigenvalue weighted by molar-refractivity contribution is -0.162. The van der Waals surface area contributed by atoms with E-state index < -0.39 is 0 Å². The smallest absolute Gasteiger partial charge is 0.303 e. The summed E-state index contributed by atoms with van der Waals surface area (Å²) < 4.78 is 5.64. The van der Waals surface area contributed by atoms with Crippen LogP contribution in [0.25, 0.3) is 0 Å². The molecule has 1 aliphatic carbocycles. The van der Waals surface area contributed by atoms with Gasteiger partial charge in [-0.25, -0.2) is 0 Å². The summed E-state index contributed by atoms with van der Waals surface area (Å²) in [4.78, 5) is 11.2. The second-order valence-electron chi connectivity index (χ2n) is 4.83. The molecule has 15 heavy (non-hydrogen) atoms. The number of ether oxygens (including phenoxy) is 1. The largest absolute Gasteiger partial charge is 0.459 e. The van der Waals surface area contributed by atoms with E-state index in [0.29, 0.717) is 5.92 Å². The number of carbonyl (C=O) groups excluding carboxylic acids is 1. The van der Waals surface area contributed by atoms with Crippen LogP contribution in [0, 0.1) is 11.8 Å². The maximum Gasteiger partial charge on any atom is 0.303 e. The summed E-state index contributed by atoms with van der Waals surface area (Å²) in [5, 5.41) is 0. The van der Waals surface area contributed by atoms with Gasteiger partial charge in [-0.1, -0.05) is 27.2 Å². The average Bonchev–Trinajstić information content (AvgIpc) is 2.56. The monoisotopic (exact) mass is 212 g/mol. The van der Waals surface area contributed by atoms with Gasteiger partial charge < -0.3 is 4.74 Å². The van der Waals surface area contributed by atoms with Crippen molar-refractivity contribution in [3.8, 4) is 0 Å². The molecule has 1 saturated carbocycles. The highest BCUT2D eigenvalue weighted by atomic mass is 16.6. The van der Waals surface area contributed by atoms with Gasteiger partial charge in [0.25, 0.3) is 0 Å². The van der Waals surface area contributed by atoms with E-state index in [1.165, 1.54) is 19.8 Å². The zero-order valence-electron chi connectivity index (χ0n) is 10.5. The van der Waals surface area contributed by atoms with Crippen LogP contribution in [0.4, 0.5) is 0 Å². The normalized spacial score (nSPS) is 35.5. The van der Waals surface area contributed by atoms with Gasteiger partial charge in [-0.3, -0.25) is 4.79 Å². The topological polar surface area (TPSA) is 26.3 Å². The third kappa shape index (κ3) is 2.53. The Labute approximate surface area is 93.4 Å². The molecule has 0 amide bonds. The van der Waals surface area contributed by atoms with Crippen molar-refractivity contribution in [3.63, 3.8) is 0 Å². The lowest BCUT2D eigenvalue weighted by atomic mass is 9.86. The molecule has 3 atom stereocenters. The summed E-state index contributed by atoms with van der Waals surface area (Å²) >= 11 is 0. The third-order valence-corrected chi connectivity index (χ3v) is 4.01. The highest BCUT2D eigenvalue weighted by Gasteiger charge is 2.47. The highest BCUT2D eigenvalue weighted by molar-refractivity contribution is 5.66. The summed E-state index contributed by atoms with van der Waals surface area (Å²) in [6, 6.07) is 0. The lowest BCUT2D eigenvalue weighted by Gasteiger charge is -2.33. The van der Waals surface area contributed by atoms with Crippen LogP contribution in [0.1, 0.15) is 59.8 Å². The van der Waals surface area contributed by atoms with Gasteiger partial charge in [-0.15, -0.1) is 0 Å². The van der Waals surface area contributed by atoms with Crippen molar-refractivity contribution in [2.75, 3.05) is 0 Å². The maximum atomic E-state index is 11.2. The first kappa shape index (κ1) is 12.5. The molecule has 0 N–H and O–H groups in total. The van der Waals surface area contributed by atoms with Crippen molar-refractivity contribution < 1.29 is 9.53 Å². The second-order valence-corrected chi connectivity index (χ2v) is 4.83. The zero-order chi connectivity index (χ0) is 11.5. The van der Waals surface area contributed by atoms with E-state index in [1.807, 2.05) is 0 Å². The Balaban J connectivity index is 2.80. The maximum absolute atomic E-state index is 11.2. The molecule has 0 aliphatic heterocycles. The van der Waals surface area contributed by atoms with Crippen LogP contribution >= 0.6 is 0 Å². The van der Waals surface area contributed by atoms with Crippen LogP contribution in [0.3, 0.4) is 0 Å². The molecule has 0 spiro atoms. The number of carbonyl (C=O) groups is 1. The summed E-state index contributed by atoms with van der Waals surface area (Å²) in [5.41, 5.74) is -0.152. The van der Waals surface area contributed by atoms with Crippen molar-refractivity contribution >= 4 is 5.97 Å². The summed E-state index contributed by atoms with van der Waals surface area (Å²) in [5.74, 6) is 1.19. The average molecular weight is 212 g/mol. The highest BCUT2D eigenvalue weighted by Crippen LogP contribution is 2.47. The molecule has 1 aliphatic rings. The van der Waals surface area contributed by atoms with Crippen LogP contribution in [0.15, 0.2) is 0 Å². The Morgan fingerprint density at radius 3 is 2.40 bits per heavy atom. The Kier molecular flexibility index (Phi) is 4.18. The van der Waals surface area contributed by atoms with E-state index in [0.717, 1.165) is 25.2 Å². The minimum Gasteiger partial charge on any atom is -0.459 e. The van der Waals surface area contributed by atoms with Gasteiger partial charge in [0.15, 0.2) is 0 Å². The molecule has 0 aromatic heterocycles. The van der Waals surface area contributed by atoms with Gasteiger partial charge >= 0.3 is 5.97 Å². The number of hydrogen-bond donors (Lipinski definition) is 0. The molecule has 3 unspecified atom stereocenters. The minimum absolute atomic E-state index is 0.118. The van der Waals surface area contributed by atoms with Crippen LogP contribution in [-0.2, 0) is 9.53 Å². The first-order valence-electron chi connectivity index (χ1n) is 6.27. The van der Waals surface area contributed by atoms with Crippen molar-refractivity contribution in [2.24, 2.45) is 11.8 Å². The molecule has 0 aromatic rings. The predicted molar refractivity (Wildman–Crippen MR) is 61.6 cm³/mol. The standard InChI is InChI=1S/C13H24O2/c1-5-11-8-12(6-2)13(7-3,9-11)15-10(4)14/h11-12H,5-9H2,1-4H3. The first-order chi connectivity index (χ1) is 7.07. The fraction of sp³-hybridized carbons (Fsp3) is 0.923. The lowest BCUT2D eigenvalue weighted by Crippen LogP contribution is -2.37. The third-order valence-electron chi connectivity index (χ3n) is 4.01. The molecule has 2 heteroatoms. The van der Waals surface area contributed by atoms with Crippen LogP contribution in [0.5, 0.6) is 0 Å². The molecule has 0 saturated heterocycles. The van der Waals surface area contributed by atoms with Gasteiger partial charge in [0, 0.05) is 6.92 Å². The van der Waals surface area contributed by atoms with E-state index in [4.69, 9.17) is 4.74 Å². The molecule has 1 rings (SSSR count). The van der Waals surface area contributed by atoms with Crippen molar-refractivity contribution in [3.05, 3.63) is 0 Å². The fourth-order valence-corrected chi connectivity index (χ4v) is 3.12. The summed E-state index contributed by atoms with van der Waals surface area (Å²) in [6.45, 7) is 8.11. The van der Waals surface area contributed by atoms with Crippen LogP contribution in [-0.4, -0.2) is 11.6 Å². The Morgan fingerprint density at radius 1 is 1.33 bits per heavy atom. The van der Waals surface area contributed by atoms with E-state index in [2.05, 4.69) is 20.8 Å².